The van der Waals surface area contributed by atoms with Crippen LogP contribution in [-0.4, -0.2) is 47.3 Å². The fourth-order valence-corrected chi connectivity index (χ4v) is 2.87. The number of pyridine rings is 2. The lowest BCUT2D eigenvalue weighted by molar-refractivity contribution is -0.118. The van der Waals surface area contributed by atoms with Crippen molar-refractivity contribution in [2.45, 2.75) is 41.2 Å². The first-order valence-corrected chi connectivity index (χ1v) is 9.75. The summed E-state index contributed by atoms with van der Waals surface area (Å²) in [6.45, 7) is 6.36. The summed E-state index contributed by atoms with van der Waals surface area (Å²) in [5.41, 5.74) is 0.633. The molecule has 1 N–H and O–H groups in total. The van der Waals surface area contributed by atoms with E-state index in [2.05, 4.69) is 15.3 Å². The van der Waals surface area contributed by atoms with Crippen molar-refractivity contribution in [2.24, 2.45) is 0 Å². The molecule has 0 atom stereocenters. The van der Waals surface area contributed by atoms with Crippen molar-refractivity contribution < 1.29 is 23.8 Å². The van der Waals surface area contributed by atoms with E-state index in [-0.39, 0.29) is 27.4 Å². The van der Waals surface area contributed by atoms with Crippen LogP contribution >= 0.6 is 23.2 Å². The molecule has 176 valence electrons. The third-order valence-corrected chi connectivity index (χ3v) is 4.17. The van der Waals surface area contributed by atoms with Gasteiger partial charge in [-0.05, 0) is 20.8 Å². The van der Waals surface area contributed by atoms with Gasteiger partial charge >= 0.3 is 6.09 Å². The first-order chi connectivity index (χ1) is 14.1. The Morgan fingerprint density at radius 2 is 1.72 bits per heavy atom. The lowest BCUT2D eigenvalue weighted by Gasteiger charge is -2.31. The second kappa shape index (κ2) is 11.2. The minimum absolute atomic E-state index is 0. The highest BCUT2D eigenvalue weighted by Crippen LogP contribution is 2.33. The number of hydrogen-bond acceptors (Lipinski definition) is 7. The van der Waals surface area contributed by atoms with Gasteiger partial charge in [0.1, 0.15) is 22.5 Å². The Morgan fingerprint density at radius 1 is 1.09 bits per heavy atom. The molecule has 4 rings (SSSR count). The SMILES string of the molecule is C.C.CC(C)(C)OC(=O)N1CCOc2cnc(Cl)cc21.O=C1COc2cnc(Cl)cc2N1. The molecule has 4 heterocycles. The van der Waals surface area contributed by atoms with Gasteiger partial charge in [0.2, 0.25) is 0 Å². The average molecular weight is 487 g/mol. The Bertz CT molecular complexity index is 966. The van der Waals surface area contributed by atoms with Crippen LogP contribution in [-0.2, 0) is 9.53 Å². The van der Waals surface area contributed by atoms with E-state index >= 15 is 0 Å². The molecule has 0 aliphatic carbocycles. The van der Waals surface area contributed by atoms with Crippen molar-refractivity contribution in [3.05, 3.63) is 34.8 Å². The molecule has 0 radical (unpaired) electrons. The maximum atomic E-state index is 12.1. The number of carbonyl (C=O) groups excluding carboxylic acids is 2. The smallest absolute Gasteiger partial charge is 0.415 e. The summed E-state index contributed by atoms with van der Waals surface area (Å²) in [4.78, 5) is 32.2. The molecule has 11 heteroatoms. The Hall–Kier alpha value is -2.78. The number of halogens is 2. The molecule has 0 bridgehead atoms. The standard InChI is InChI=1S/C12H15ClN2O3.C7H5ClN2O2.2CH4/c1-12(2,3)18-11(16)15-4-5-17-9-7-14-10(13)6-8(9)15;8-6-1-4-5(2-9-6)12-3-7(11)10-4;;/h6-7H,4-5H2,1-3H3;1-2H,3H2,(H,10,11);2*1H4. The normalized spacial score (nSPS) is 13.8. The van der Waals surface area contributed by atoms with Crippen molar-refractivity contribution >= 4 is 46.6 Å². The van der Waals surface area contributed by atoms with Gasteiger partial charge in [-0.1, -0.05) is 38.1 Å². The number of carbonyl (C=O) groups is 2. The Kier molecular flexibility index (Phi) is 9.53. The Morgan fingerprint density at radius 3 is 2.38 bits per heavy atom. The molecule has 0 saturated carbocycles. The van der Waals surface area contributed by atoms with Gasteiger partial charge in [0.25, 0.3) is 5.91 Å². The van der Waals surface area contributed by atoms with Crippen LogP contribution in [0, 0.1) is 0 Å². The Balaban J connectivity index is 0.000000321. The van der Waals surface area contributed by atoms with Crippen LogP contribution in [0.3, 0.4) is 0 Å². The fraction of sp³-hybridized carbons (Fsp3) is 0.429. The van der Waals surface area contributed by atoms with Crippen molar-refractivity contribution in [1.82, 2.24) is 9.97 Å². The maximum Gasteiger partial charge on any atom is 0.415 e. The number of fused-ring (bicyclic) bond motifs is 2. The maximum absolute atomic E-state index is 12.1. The molecule has 32 heavy (non-hydrogen) atoms. The van der Waals surface area contributed by atoms with Crippen LogP contribution in [0.2, 0.25) is 10.3 Å². The third kappa shape index (κ3) is 7.13. The highest BCUT2D eigenvalue weighted by molar-refractivity contribution is 6.30. The number of aromatic nitrogens is 2. The summed E-state index contributed by atoms with van der Waals surface area (Å²) in [7, 11) is 0. The van der Waals surface area contributed by atoms with Gasteiger partial charge in [0.05, 0.1) is 30.3 Å². The minimum atomic E-state index is -0.535. The number of hydrogen-bond donors (Lipinski definition) is 1. The van der Waals surface area contributed by atoms with Gasteiger partial charge in [-0.15, -0.1) is 0 Å². The second-order valence-electron chi connectivity index (χ2n) is 7.30. The van der Waals surface area contributed by atoms with E-state index in [1.54, 1.807) is 12.1 Å². The van der Waals surface area contributed by atoms with Gasteiger partial charge in [-0.2, -0.15) is 0 Å². The molecule has 0 fully saturated rings. The van der Waals surface area contributed by atoms with Crippen LogP contribution in [0.1, 0.15) is 35.6 Å². The van der Waals surface area contributed by atoms with Crippen molar-refractivity contribution in [3.8, 4) is 11.5 Å². The molecule has 9 nitrogen and oxygen atoms in total. The molecule has 2 amide bonds. The molecular formula is C21H28Cl2N4O5. The van der Waals surface area contributed by atoms with Gasteiger partial charge in [-0.3, -0.25) is 9.69 Å². The topological polar surface area (TPSA) is 103 Å². The first-order valence-electron chi connectivity index (χ1n) is 8.99. The molecule has 2 aliphatic rings. The summed E-state index contributed by atoms with van der Waals surface area (Å²) in [5, 5.41) is 3.26. The monoisotopic (exact) mass is 486 g/mol. The number of rotatable bonds is 0. The highest BCUT2D eigenvalue weighted by Gasteiger charge is 2.28. The first kappa shape index (κ1) is 27.3. The van der Waals surface area contributed by atoms with E-state index in [4.69, 9.17) is 37.4 Å². The molecule has 2 aromatic rings. The van der Waals surface area contributed by atoms with Crippen molar-refractivity contribution in [2.75, 3.05) is 30.0 Å². The lowest BCUT2D eigenvalue weighted by Crippen LogP contribution is -2.41. The van der Waals surface area contributed by atoms with Gasteiger partial charge in [0.15, 0.2) is 18.1 Å². The summed E-state index contributed by atoms with van der Waals surface area (Å²) >= 11 is 11.4. The molecule has 0 spiro atoms. The minimum Gasteiger partial charge on any atom is -0.488 e. The molecular weight excluding hydrogens is 459 g/mol. The van der Waals surface area contributed by atoms with Crippen molar-refractivity contribution in [3.63, 3.8) is 0 Å². The predicted molar refractivity (Wildman–Crippen MR) is 125 cm³/mol. The number of anilines is 2. The summed E-state index contributed by atoms with van der Waals surface area (Å²) < 4.78 is 15.8. The molecule has 0 aromatic carbocycles. The number of ether oxygens (including phenoxy) is 3. The van der Waals surface area contributed by atoms with Crippen LogP contribution in [0.5, 0.6) is 11.5 Å². The van der Waals surface area contributed by atoms with E-state index in [0.29, 0.717) is 46.3 Å². The molecule has 2 aromatic heterocycles. The largest absolute Gasteiger partial charge is 0.488 e. The van der Waals surface area contributed by atoms with E-state index in [9.17, 15) is 9.59 Å². The highest BCUT2D eigenvalue weighted by atomic mass is 35.5. The average Bonchev–Trinajstić information content (AvgIpc) is 2.66. The second-order valence-corrected chi connectivity index (χ2v) is 8.07. The van der Waals surface area contributed by atoms with Gasteiger partial charge in [0, 0.05) is 12.1 Å². The molecule has 0 saturated heterocycles. The van der Waals surface area contributed by atoms with Crippen LogP contribution in [0.4, 0.5) is 16.2 Å². The lowest BCUT2D eigenvalue weighted by atomic mass is 10.2. The molecule has 2 aliphatic heterocycles. The van der Waals surface area contributed by atoms with E-state index in [0.717, 1.165) is 0 Å². The number of nitrogens with zero attached hydrogens (tertiary/aromatic N) is 3. The third-order valence-electron chi connectivity index (χ3n) is 3.76. The number of nitrogens with one attached hydrogen (secondary N) is 1. The summed E-state index contributed by atoms with van der Waals surface area (Å²) in [6, 6.07) is 3.15. The van der Waals surface area contributed by atoms with Crippen LogP contribution < -0.4 is 19.7 Å². The quantitative estimate of drug-likeness (QED) is 0.509. The molecule has 0 unspecified atom stereocenters. The van der Waals surface area contributed by atoms with E-state index in [1.807, 2.05) is 20.8 Å². The summed E-state index contributed by atoms with van der Waals surface area (Å²) in [6.07, 6.45) is 2.58. The predicted octanol–water partition coefficient (Wildman–Crippen LogP) is 5.21. The zero-order chi connectivity index (χ0) is 21.9. The Labute approximate surface area is 198 Å². The van der Waals surface area contributed by atoms with Crippen LogP contribution in [0.15, 0.2) is 24.5 Å². The summed E-state index contributed by atoms with van der Waals surface area (Å²) in [5.74, 6) is 0.917. The van der Waals surface area contributed by atoms with E-state index in [1.165, 1.54) is 17.3 Å². The zero-order valence-electron chi connectivity index (χ0n) is 16.6. The van der Waals surface area contributed by atoms with Gasteiger partial charge < -0.3 is 19.5 Å². The van der Waals surface area contributed by atoms with Gasteiger partial charge in [-0.25, -0.2) is 14.8 Å². The van der Waals surface area contributed by atoms with Crippen LogP contribution in [0.25, 0.3) is 0 Å². The van der Waals surface area contributed by atoms with E-state index < -0.39 is 11.7 Å². The zero-order valence-corrected chi connectivity index (χ0v) is 18.1. The fourth-order valence-electron chi connectivity index (χ4n) is 2.56. The van der Waals surface area contributed by atoms with Crippen molar-refractivity contribution in [1.29, 1.82) is 0 Å². The number of amides is 2.